The fraction of sp³-hybridized carbons (Fsp3) is 0.429. The van der Waals surface area contributed by atoms with E-state index in [9.17, 15) is 19.6 Å². The van der Waals surface area contributed by atoms with Crippen LogP contribution in [-0.4, -0.2) is 23.5 Å². The molecule has 1 aromatic heterocycles. The normalized spacial score (nSPS) is 16.8. The third kappa shape index (κ3) is 4.06. The van der Waals surface area contributed by atoms with Gasteiger partial charge in [0.15, 0.2) is 11.5 Å². The van der Waals surface area contributed by atoms with Crippen LogP contribution in [0.5, 0.6) is 0 Å². The number of hydrogen-bond acceptors (Lipinski definition) is 6. The standard InChI is InChI=1S/C21H22N2O5/c1-13-6-7-17-15(10-13)16(24)11-18(28-17)20(26)27-14(2)19(25)23-21(12-22)8-4-3-5-9-21/h6-7,10-11,14H,3-5,8-9H2,1-2H3,(H,23,25)/t14-/m1/s1. The van der Waals surface area contributed by atoms with Crippen LogP contribution in [0, 0.1) is 18.3 Å². The second-order valence-electron chi connectivity index (χ2n) is 7.27. The van der Waals surface area contributed by atoms with Gasteiger partial charge in [0.05, 0.1) is 11.5 Å². The Bertz CT molecular complexity index is 1010. The highest BCUT2D eigenvalue weighted by Crippen LogP contribution is 2.27. The van der Waals surface area contributed by atoms with Gasteiger partial charge in [-0.2, -0.15) is 5.26 Å². The number of nitriles is 1. The number of benzene rings is 1. The van der Waals surface area contributed by atoms with E-state index in [2.05, 4.69) is 11.4 Å². The molecule has 1 aliphatic rings. The summed E-state index contributed by atoms with van der Waals surface area (Å²) in [6.45, 7) is 3.27. The fourth-order valence-corrected chi connectivity index (χ4v) is 3.40. The Labute approximate surface area is 162 Å². The minimum atomic E-state index is -1.13. The van der Waals surface area contributed by atoms with E-state index in [1.807, 2.05) is 6.92 Å². The molecule has 1 N–H and O–H groups in total. The number of aryl methyl sites for hydroxylation is 1. The summed E-state index contributed by atoms with van der Waals surface area (Å²) in [5, 5.41) is 12.5. The summed E-state index contributed by atoms with van der Waals surface area (Å²) in [7, 11) is 0. The number of ether oxygens (including phenoxy) is 1. The van der Waals surface area contributed by atoms with Crippen LogP contribution in [0.4, 0.5) is 0 Å². The SMILES string of the molecule is Cc1ccc2oc(C(=O)O[C@H](C)C(=O)NC3(C#N)CCCCC3)cc(=O)c2c1. The molecule has 1 fully saturated rings. The molecule has 0 bridgehead atoms. The monoisotopic (exact) mass is 382 g/mol. The van der Waals surface area contributed by atoms with E-state index in [0.717, 1.165) is 30.9 Å². The Kier molecular flexibility index (Phi) is 5.50. The molecule has 1 aromatic carbocycles. The van der Waals surface area contributed by atoms with Crippen molar-refractivity contribution in [1.82, 2.24) is 5.32 Å². The molecule has 0 radical (unpaired) electrons. The molecule has 1 saturated carbocycles. The first-order valence-corrected chi connectivity index (χ1v) is 9.32. The molecule has 28 heavy (non-hydrogen) atoms. The molecule has 3 rings (SSSR count). The van der Waals surface area contributed by atoms with Crippen LogP contribution in [0.25, 0.3) is 11.0 Å². The van der Waals surface area contributed by atoms with E-state index < -0.39 is 23.5 Å². The maximum Gasteiger partial charge on any atom is 0.375 e. The van der Waals surface area contributed by atoms with Gasteiger partial charge in [0.2, 0.25) is 5.76 Å². The number of fused-ring (bicyclic) bond motifs is 1. The van der Waals surface area contributed by atoms with E-state index in [0.29, 0.717) is 18.2 Å². The van der Waals surface area contributed by atoms with Crippen molar-refractivity contribution in [2.45, 2.75) is 57.6 Å². The Morgan fingerprint density at radius 2 is 1.96 bits per heavy atom. The van der Waals surface area contributed by atoms with Crippen molar-refractivity contribution in [3.05, 3.63) is 45.8 Å². The van der Waals surface area contributed by atoms with Crippen LogP contribution in [0.3, 0.4) is 0 Å². The second kappa shape index (κ2) is 7.85. The Hall–Kier alpha value is -3.14. The van der Waals surface area contributed by atoms with Gasteiger partial charge in [-0.3, -0.25) is 9.59 Å². The molecule has 0 spiro atoms. The average Bonchev–Trinajstić information content (AvgIpc) is 2.69. The number of esters is 1. The van der Waals surface area contributed by atoms with Crippen molar-refractivity contribution in [2.75, 3.05) is 0 Å². The molecule has 1 aliphatic carbocycles. The van der Waals surface area contributed by atoms with Gasteiger partial charge in [-0.1, -0.05) is 30.9 Å². The van der Waals surface area contributed by atoms with E-state index in [-0.39, 0.29) is 16.8 Å². The van der Waals surface area contributed by atoms with Gasteiger partial charge < -0.3 is 14.5 Å². The molecule has 1 atom stereocenters. The molecular weight excluding hydrogens is 360 g/mol. The van der Waals surface area contributed by atoms with Crippen LogP contribution < -0.4 is 10.7 Å². The highest BCUT2D eigenvalue weighted by atomic mass is 16.6. The fourth-order valence-electron chi connectivity index (χ4n) is 3.40. The molecular formula is C21H22N2O5. The van der Waals surface area contributed by atoms with Gasteiger partial charge in [0, 0.05) is 6.07 Å². The number of carbonyl (C=O) groups excluding carboxylic acids is 2. The van der Waals surface area contributed by atoms with Gasteiger partial charge in [-0.15, -0.1) is 0 Å². The summed E-state index contributed by atoms with van der Waals surface area (Å²) in [5.74, 6) is -1.72. The lowest BCUT2D eigenvalue weighted by Crippen LogP contribution is -2.52. The summed E-state index contributed by atoms with van der Waals surface area (Å²) in [4.78, 5) is 37.0. The molecule has 0 aliphatic heterocycles. The summed E-state index contributed by atoms with van der Waals surface area (Å²) in [6.07, 6.45) is 2.79. The highest BCUT2D eigenvalue weighted by molar-refractivity contribution is 5.91. The van der Waals surface area contributed by atoms with E-state index in [1.54, 1.807) is 18.2 Å². The zero-order chi connectivity index (χ0) is 20.3. The molecule has 0 unspecified atom stereocenters. The lowest BCUT2D eigenvalue weighted by atomic mass is 9.83. The van der Waals surface area contributed by atoms with E-state index in [1.165, 1.54) is 6.92 Å². The van der Waals surface area contributed by atoms with Crippen LogP contribution in [-0.2, 0) is 9.53 Å². The van der Waals surface area contributed by atoms with Crippen molar-refractivity contribution in [3.63, 3.8) is 0 Å². The zero-order valence-electron chi connectivity index (χ0n) is 15.9. The quantitative estimate of drug-likeness (QED) is 0.814. The highest BCUT2D eigenvalue weighted by Gasteiger charge is 2.35. The largest absolute Gasteiger partial charge is 0.449 e. The van der Waals surface area contributed by atoms with Gasteiger partial charge >= 0.3 is 5.97 Å². The molecule has 146 valence electrons. The number of nitrogens with one attached hydrogen (secondary N) is 1. The zero-order valence-corrected chi connectivity index (χ0v) is 15.9. The lowest BCUT2D eigenvalue weighted by Gasteiger charge is -2.32. The average molecular weight is 382 g/mol. The smallest absolute Gasteiger partial charge is 0.375 e. The molecule has 7 heteroatoms. The Morgan fingerprint density at radius 1 is 1.25 bits per heavy atom. The first-order valence-electron chi connectivity index (χ1n) is 9.32. The van der Waals surface area contributed by atoms with Crippen LogP contribution >= 0.6 is 0 Å². The van der Waals surface area contributed by atoms with Crippen molar-refractivity contribution >= 4 is 22.8 Å². The van der Waals surface area contributed by atoms with Gasteiger partial charge in [-0.25, -0.2) is 4.79 Å². The number of carbonyl (C=O) groups is 2. The minimum absolute atomic E-state index is 0.270. The summed E-state index contributed by atoms with van der Waals surface area (Å²) >= 11 is 0. The Morgan fingerprint density at radius 3 is 2.64 bits per heavy atom. The van der Waals surface area contributed by atoms with Crippen molar-refractivity contribution in [2.24, 2.45) is 0 Å². The lowest BCUT2D eigenvalue weighted by molar-refractivity contribution is -0.130. The molecule has 1 amide bonds. The van der Waals surface area contributed by atoms with Crippen LogP contribution in [0.2, 0.25) is 0 Å². The summed E-state index contributed by atoms with van der Waals surface area (Å²) in [6, 6.07) is 8.30. The predicted molar refractivity (Wildman–Crippen MR) is 102 cm³/mol. The van der Waals surface area contributed by atoms with E-state index in [4.69, 9.17) is 9.15 Å². The van der Waals surface area contributed by atoms with E-state index >= 15 is 0 Å². The maximum atomic E-state index is 12.4. The number of amides is 1. The first kappa shape index (κ1) is 19.6. The number of hydrogen-bond donors (Lipinski definition) is 1. The summed E-state index contributed by atoms with van der Waals surface area (Å²) in [5.41, 5.74) is -0.106. The van der Waals surface area contributed by atoms with Crippen LogP contribution in [0.15, 0.2) is 33.5 Å². The molecule has 7 nitrogen and oxygen atoms in total. The molecule has 2 aromatic rings. The number of nitrogens with zero attached hydrogens (tertiary/aromatic N) is 1. The molecule has 1 heterocycles. The topological polar surface area (TPSA) is 109 Å². The first-order chi connectivity index (χ1) is 13.3. The molecule has 0 saturated heterocycles. The Balaban J connectivity index is 1.72. The predicted octanol–water partition coefficient (Wildman–Crippen LogP) is 2.99. The third-order valence-electron chi connectivity index (χ3n) is 5.02. The van der Waals surface area contributed by atoms with Crippen LogP contribution in [0.1, 0.15) is 55.1 Å². The van der Waals surface area contributed by atoms with Gasteiger partial charge in [0.25, 0.3) is 5.91 Å². The summed E-state index contributed by atoms with van der Waals surface area (Å²) < 4.78 is 10.6. The van der Waals surface area contributed by atoms with Gasteiger partial charge in [-0.05, 0) is 38.8 Å². The number of rotatable bonds is 4. The van der Waals surface area contributed by atoms with Crippen molar-refractivity contribution < 1.29 is 18.7 Å². The minimum Gasteiger partial charge on any atom is -0.449 e. The third-order valence-corrected chi connectivity index (χ3v) is 5.02. The second-order valence-corrected chi connectivity index (χ2v) is 7.27. The maximum absolute atomic E-state index is 12.4. The van der Waals surface area contributed by atoms with Crippen molar-refractivity contribution in [1.29, 1.82) is 5.26 Å². The van der Waals surface area contributed by atoms with Crippen molar-refractivity contribution in [3.8, 4) is 6.07 Å². The van der Waals surface area contributed by atoms with Gasteiger partial charge in [0.1, 0.15) is 11.1 Å².